The summed E-state index contributed by atoms with van der Waals surface area (Å²) in [5.74, 6) is 0. The lowest BCUT2D eigenvalue weighted by Crippen LogP contribution is -2.41. The Bertz CT molecular complexity index is 2740. The molecule has 2 aromatic heterocycles. The second-order valence-electron chi connectivity index (χ2n) is 28.5. The fourth-order valence-electron chi connectivity index (χ4n) is 15.7. The van der Waals surface area contributed by atoms with Gasteiger partial charge in [0.25, 0.3) is 0 Å². The molecule has 1 aliphatic heterocycles. The van der Waals surface area contributed by atoms with E-state index in [1.807, 2.05) is 0 Å². The van der Waals surface area contributed by atoms with Crippen molar-refractivity contribution in [1.29, 1.82) is 0 Å². The predicted octanol–water partition coefficient (Wildman–Crippen LogP) is 21.5. The molecule has 3 aliphatic rings. The van der Waals surface area contributed by atoms with Gasteiger partial charge in [-0.3, -0.25) is 0 Å². The van der Waals surface area contributed by atoms with Gasteiger partial charge in [-0.05, 0) is 98.9 Å². The molecule has 8 rings (SSSR count). The summed E-state index contributed by atoms with van der Waals surface area (Å²) in [5, 5.41) is 22.6. The van der Waals surface area contributed by atoms with Crippen molar-refractivity contribution < 1.29 is 19.4 Å². The third-order valence-corrected chi connectivity index (χ3v) is 22.6. The van der Waals surface area contributed by atoms with Crippen LogP contribution >= 0.6 is 23.5 Å². The van der Waals surface area contributed by atoms with Gasteiger partial charge < -0.3 is 19.4 Å². The number of nitrogens with zero attached hydrogens (tertiary/aromatic N) is 4. The standard InChI is InChI=1S/C74H118B2N4O4S2/c1-9-13-17-21-25-29-33-37-41-45-49-73(50-46-42-38-34-30-26-22-18-14-10-2)59-54-58-60(53-57(59)65-61(73)55-63(75(81)82)67-69(65)79-85-77-67)74(51-47-43-39-35-31-27-23-19-15-11-3,52-48-44-40-36-32-28-24-20-16-12-4)62-56-64(68-70(66(58)62)80-86-78-68)76-83-71(5,6)72(7,8)84-76/h53-56,81-82H,9-52H2,1-8H3. The molecule has 2 N–H and O–H groups in total. The zero-order valence-corrected chi connectivity index (χ0v) is 57.5. The Morgan fingerprint density at radius 3 is 0.965 bits per heavy atom. The largest absolute Gasteiger partial charge is 0.497 e. The lowest BCUT2D eigenvalue weighted by molar-refractivity contribution is 0.00578. The predicted molar refractivity (Wildman–Crippen MR) is 372 cm³/mol. The maximum Gasteiger partial charge on any atom is 0.497 e. The Morgan fingerprint density at radius 2 is 0.640 bits per heavy atom. The molecule has 1 fully saturated rings. The van der Waals surface area contributed by atoms with Crippen LogP contribution in [0.1, 0.15) is 360 Å². The Morgan fingerprint density at radius 1 is 0.360 bits per heavy atom. The minimum atomic E-state index is -1.64. The fourth-order valence-corrected chi connectivity index (χ4v) is 16.8. The van der Waals surface area contributed by atoms with E-state index in [1.165, 1.54) is 312 Å². The van der Waals surface area contributed by atoms with Crippen molar-refractivity contribution in [2.24, 2.45) is 0 Å². The van der Waals surface area contributed by atoms with Gasteiger partial charge in [0.15, 0.2) is 0 Å². The molecule has 8 nitrogen and oxygen atoms in total. The highest BCUT2D eigenvalue weighted by Gasteiger charge is 2.55. The Kier molecular flexibility index (Phi) is 27.8. The third kappa shape index (κ3) is 16.9. The molecule has 0 spiro atoms. The first-order valence-corrected chi connectivity index (χ1v) is 37.9. The fraction of sp³-hybridized carbons (Fsp3) is 0.757. The van der Waals surface area contributed by atoms with Crippen LogP contribution in [-0.4, -0.2) is 53.0 Å². The van der Waals surface area contributed by atoms with Crippen LogP contribution < -0.4 is 10.9 Å². The molecule has 2 aliphatic carbocycles. The summed E-state index contributed by atoms with van der Waals surface area (Å²) in [7, 11) is -2.20. The first kappa shape index (κ1) is 69.2. The summed E-state index contributed by atoms with van der Waals surface area (Å²) in [6, 6.07) is 10.1. The molecule has 0 unspecified atom stereocenters. The Hall–Kier alpha value is -2.73. The van der Waals surface area contributed by atoms with Gasteiger partial charge in [0.2, 0.25) is 0 Å². The molecule has 1 saturated heterocycles. The van der Waals surface area contributed by atoms with Crippen molar-refractivity contribution in [3.8, 4) is 22.3 Å². The Labute approximate surface area is 533 Å². The lowest BCUT2D eigenvalue weighted by atomic mass is 9.67. The van der Waals surface area contributed by atoms with Crippen molar-refractivity contribution in [2.75, 3.05) is 0 Å². The first-order valence-electron chi connectivity index (χ1n) is 36.4. The van der Waals surface area contributed by atoms with E-state index in [9.17, 15) is 10.0 Å². The lowest BCUT2D eigenvalue weighted by Gasteiger charge is -2.35. The van der Waals surface area contributed by atoms with E-state index in [-0.39, 0.29) is 10.8 Å². The smallest absolute Gasteiger partial charge is 0.423 e. The first-order chi connectivity index (χ1) is 41.9. The van der Waals surface area contributed by atoms with Gasteiger partial charge >= 0.3 is 14.2 Å². The average molecular weight is 1210 g/mol. The summed E-state index contributed by atoms with van der Waals surface area (Å²) < 4.78 is 34.6. The highest BCUT2D eigenvalue weighted by molar-refractivity contribution is 7.00. The maximum absolute atomic E-state index is 11.3. The van der Waals surface area contributed by atoms with Crippen LogP contribution in [-0.2, 0) is 20.1 Å². The number of fused-ring (bicyclic) bond motifs is 10. The quantitative estimate of drug-likeness (QED) is 0.0293. The highest BCUT2D eigenvalue weighted by Crippen LogP contribution is 2.62. The van der Waals surface area contributed by atoms with E-state index in [0.717, 1.165) is 60.5 Å². The minimum absolute atomic E-state index is 0.268. The molecule has 0 bridgehead atoms. The molecule has 3 aromatic carbocycles. The van der Waals surface area contributed by atoms with Crippen LogP contribution in [0.25, 0.3) is 44.3 Å². The zero-order chi connectivity index (χ0) is 60.8. The number of aromatic nitrogens is 4. The van der Waals surface area contributed by atoms with E-state index < -0.39 is 25.4 Å². The van der Waals surface area contributed by atoms with Gasteiger partial charge in [0.05, 0.1) is 34.7 Å². The Balaban J connectivity index is 1.24. The van der Waals surface area contributed by atoms with Gasteiger partial charge in [-0.1, -0.05) is 297 Å². The SMILES string of the molecule is CCCCCCCCCCCCC1(CCCCCCCCCCCC)c2cc3c(cc2-c2c1cc(B(O)O)c1nsnc21)C(CCCCCCCCCCCC)(CCCCCCCCCCCC)c1cc(B2OC(C)(C)C(C)(C)O2)c2nsnc2c1-3. The van der Waals surface area contributed by atoms with Crippen molar-refractivity contribution in [2.45, 2.75) is 360 Å². The summed E-state index contributed by atoms with van der Waals surface area (Å²) in [6.45, 7) is 17.9. The number of hydrogen-bond acceptors (Lipinski definition) is 10. The monoisotopic (exact) mass is 1210 g/mol. The van der Waals surface area contributed by atoms with Crippen molar-refractivity contribution in [3.63, 3.8) is 0 Å². The van der Waals surface area contributed by atoms with Gasteiger partial charge in [-0.2, -0.15) is 17.5 Å². The molecule has 0 saturated carbocycles. The molecular weight excluding hydrogens is 1090 g/mol. The van der Waals surface area contributed by atoms with Crippen molar-refractivity contribution >= 4 is 70.7 Å². The molecule has 476 valence electrons. The maximum atomic E-state index is 11.3. The van der Waals surface area contributed by atoms with E-state index in [0.29, 0.717) is 11.0 Å². The molecular formula is C74H118B2N4O4S2. The molecule has 0 atom stereocenters. The van der Waals surface area contributed by atoms with Crippen LogP contribution in [0.3, 0.4) is 0 Å². The molecule has 86 heavy (non-hydrogen) atoms. The van der Waals surface area contributed by atoms with Gasteiger partial charge in [-0.15, -0.1) is 0 Å². The number of unbranched alkanes of at least 4 members (excludes halogenated alkanes) is 36. The summed E-state index contributed by atoms with van der Waals surface area (Å²) >= 11 is 2.55. The highest BCUT2D eigenvalue weighted by atomic mass is 32.1. The van der Waals surface area contributed by atoms with E-state index in [2.05, 4.69) is 79.7 Å². The van der Waals surface area contributed by atoms with Crippen LogP contribution in [0.4, 0.5) is 0 Å². The molecule has 0 radical (unpaired) electrons. The van der Waals surface area contributed by atoms with Gasteiger partial charge in [0.1, 0.15) is 22.1 Å². The molecule has 0 amide bonds. The molecule has 5 aromatic rings. The van der Waals surface area contributed by atoms with E-state index >= 15 is 0 Å². The summed E-state index contributed by atoms with van der Waals surface area (Å²) in [5.41, 5.74) is 13.9. The minimum Gasteiger partial charge on any atom is -0.423 e. The average Bonchev–Trinajstić information content (AvgIpc) is 1.53. The topological polar surface area (TPSA) is 110 Å². The van der Waals surface area contributed by atoms with Gasteiger partial charge in [0, 0.05) is 32.9 Å². The number of rotatable bonds is 46. The third-order valence-electron chi connectivity index (χ3n) is 21.5. The summed E-state index contributed by atoms with van der Waals surface area (Å²) in [6.07, 6.45) is 56.2. The van der Waals surface area contributed by atoms with Crippen molar-refractivity contribution in [1.82, 2.24) is 17.5 Å². The normalized spacial score (nSPS) is 16.0. The second kappa shape index (κ2) is 34.6. The van der Waals surface area contributed by atoms with Crippen molar-refractivity contribution in [3.05, 3.63) is 46.5 Å². The van der Waals surface area contributed by atoms with E-state index in [1.54, 1.807) is 0 Å². The van der Waals surface area contributed by atoms with Crippen LogP contribution in [0.5, 0.6) is 0 Å². The van der Waals surface area contributed by atoms with E-state index in [4.69, 9.17) is 26.8 Å². The van der Waals surface area contributed by atoms with Crippen LogP contribution in [0, 0.1) is 0 Å². The zero-order valence-electron chi connectivity index (χ0n) is 55.9. The summed E-state index contributed by atoms with van der Waals surface area (Å²) in [4.78, 5) is 0. The molecule has 3 heterocycles. The second-order valence-corrected chi connectivity index (χ2v) is 29.6. The van der Waals surface area contributed by atoms with Gasteiger partial charge in [-0.25, -0.2) is 0 Å². The number of benzene rings is 3. The van der Waals surface area contributed by atoms with Crippen LogP contribution in [0.2, 0.25) is 0 Å². The molecule has 12 heteroatoms. The number of hydrogen-bond donors (Lipinski definition) is 2. The van der Waals surface area contributed by atoms with Crippen LogP contribution in [0.15, 0.2) is 24.3 Å².